The minimum absolute atomic E-state index is 0.447. The van der Waals surface area contributed by atoms with Crippen LogP contribution < -0.4 is 21.1 Å². The van der Waals surface area contributed by atoms with Crippen LogP contribution in [0.5, 0.6) is 5.75 Å². The van der Waals surface area contributed by atoms with E-state index in [4.69, 9.17) is 16.2 Å². The van der Waals surface area contributed by atoms with Crippen molar-refractivity contribution in [1.82, 2.24) is 0 Å². The van der Waals surface area contributed by atoms with E-state index in [0.717, 1.165) is 29.8 Å². The average Bonchev–Trinajstić information content (AvgIpc) is 2.76. The van der Waals surface area contributed by atoms with Crippen molar-refractivity contribution in [2.24, 2.45) is 11.5 Å². The Bertz CT molecular complexity index is 420. The standard InChI is InChI=1S/C12H17N3O2/c13-5-1-6-15(12(14)16)10-2-3-11-9(8-10)4-7-17-11/h2-3,8H,1,4-7,13H2,(H2,14,16). The van der Waals surface area contributed by atoms with E-state index >= 15 is 0 Å². The molecule has 0 radical (unpaired) electrons. The fourth-order valence-electron chi connectivity index (χ4n) is 1.96. The van der Waals surface area contributed by atoms with Gasteiger partial charge in [0.25, 0.3) is 0 Å². The summed E-state index contributed by atoms with van der Waals surface area (Å²) in [5.74, 6) is 0.900. The number of rotatable bonds is 4. The van der Waals surface area contributed by atoms with E-state index in [1.165, 1.54) is 0 Å². The zero-order valence-electron chi connectivity index (χ0n) is 9.69. The van der Waals surface area contributed by atoms with Crippen molar-refractivity contribution in [3.63, 3.8) is 0 Å². The summed E-state index contributed by atoms with van der Waals surface area (Å²) in [5, 5.41) is 0. The lowest BCUT2D eigenvalue weighted by Gasteiger charge is -2.20. The SMILES string of the molecule is NCCCN(C(N)=O)c1ccc2c(c1)CCO2. The molecular formula is C12H17N3O2. The lowest BCUT2D eigenvalue weighted by molar-refractivity contribution is 0.254. The third kappa shape index (κ3) is 2.50. The maximum Gasteiger partial charge on any atom is 0.319 e. The van der Waals surface area contributed by atoms with Gasteiger partial charge in [-0.15, -0.1) is 0 Å². The molecule has 2 rings (SSSR count). The Morgan fingerprint density at radius 1 is 1.47 bits per heavy atom. The van der Waals surface area contributed by atoms with Crippen LogP contribution in [0, 0.1) is 0 Å². The van der Waals surface area contributed by atoms with Gasteiger partial charge in [0.05, 0.1) is 6.61 Å². The first-order valence-corrected chi connectivity index (χ1v) is 5.75. The summed E-state index contributed by atoms with van der Waals surface area (Å²) in [6.07, 6.45) is 1.61. The number of urea groups is 1. The van der Waals surface area contributed by atoms with Gasteiger partial charge in [0.15, 0.2) is 0 Å². The second-order valence-corrected chi connectivity index (χ2v) is 4.02. The van der Waals surface area contributed by atoms with Crippen LogP contribution in [0.1, 0.15) is 12.0 Å². The minimum Gasteiger partial charge on any atom is -0.493 e. The van der Waals surface area contributed by atoms with Gasteiger partial charge in [0.2, 0.25) is 0 Å². The van der Waals surface area contributed by atoms with Crippen LogP contribution in [0.3, 0.4) is 0 Å². The first kappa shape index (κ1) is 11.7. The molecule has 2 amide bonds. The summed E-state index contributed by atoms with van der Waals surface area (Å²) >= 11 is 0. The quantitative estimate of drug-likeness (QED) is 0.812. The zero-order valence-corrected chi connectivity index (χ0v) is 9.69. The number of carbonyl (C=O) groups is 1. The molecule has 0 saturated heterocycles. The van der Waals surface area contributed by atoms with Crippen molar-refractivity contribution in [3.8, 4) is 5.75 Å². The molecule has 0 saturated carbocycles. The zero-order chi connectivity index (χ0) is 12.3. The van der Waals surface area contributed by atoms with Crippen LogP contribution in [0.15, 0.2) is 18.2 Å². The number of hydrogen-bond acceptors (Lipinski definition) is 3. The number of hydrogen-bond donors (Lipinski definition) is 2. The van der Waals surface area contributed by atoms with Gasteiger partial charge in [-0.2, -0.15) is 0 Å². The van der Waals surface area contributed by atoms with E-state index < -0.39 is 6.03 Å². The second kappa shape index (κ2) is 5.05. The first-order chi connectivity index (χ1) is 8.22. The molecule has 4 N–H and O–H groups in total. The third-order valence-electron chi connectivity index (χ3n) is 2.84. The molecule has 1 heterocycles. The van der Waals surface area contributed by atoms with Gasteiger partial charge in [-0.25, -0.2) is 4.79 Å². The molecule has 5 heteroatoms. The molecule has 0 fully saturated rings. The highest BCUT2D eigenvalue weighted by molar-refractivity contribution is 5.90. The van der Waals surface area contributed by atoms with Gasteiger partial charge in [0.1, 0.15) is 5.75 Å². The van der Waals surface area contributed by atoms with Crippen LogP contribution in [-0.4, -0.2) is 25.7 Å². The smallest absolute Gasteiger partial charge is 0.319 e. The van der Waals surface area contributed by atoms with Crippen molar-refractivity contribution in [1.29, 1.82) is 0 Å². The third-order valence-corrected chi connectivity index (χ3v) is 2.84. The Morgan fingerprint density at radius 2 is 2.29 bits per heavy atom. The Labute approximate surface area is 100 Å². The largest absolute Gasteiger partial charge is 0.493 e. The summed E-state index contributed by atoms with van der Waals surface area (Å²) in [4.78, 5) is 12.9. The average molecular weight is 235 g/mol. The number of primary amides is 1. The Balaban J connectivity index is 2.20. The summed E-state index contributed by atoms with van der Waals surface area (Å²) in [6, 6.07) is 5.25. The fraction of sp³-hybridized carbons (Fsp3) is 0.417. The van der Waals surface area contributed by atoms with Gasteiger partial charge in [-0.05, 0) is 36.7 Å². The van der Waals surface area contributed by atoms with Crippen LogP contribution in [0.4, 0.5) is 10.5 Å². The first-order valence-electron chi connectivity index (χ1n) is 5.75. The maximum atomic E-state index is 11.4. The number of nitrogens with two attached hydrogens (primary N) is 2. The number of benzene rings is 1. The van der Waals surface area contributed by atoms with Crippen molar-refractivity contribution >= 4 is 11.7 Å². The van der Waals surface area contributed by atoms with Crippen molar-refractivity contribution in [2.45, 2.75) is 12.8 Å². The number of fused-ring (bicyclic) bond motifs is 1. The summed E-state index contributed by atoms with van der Waals surface area (Å²) in [6.45, 7) is 1.79. The highest BCUT2D eigenvalue weighted by Crippen LogP contribution is 2.29. The van der Waals surface area contributed by atoms with Crippen LogP contribution in [-0.2, 0) is 6.42 Å². The lowest BCUT2D eigenvalue weighted by Crippen LogP contribution is -2.37. The van der Waals surface area contributed by atoms with E-state index in [2.05, 4.69) is 0 Å². The maximum absolute atomic E-state index is 11.4. The van der Waals surface area contributed by atoms with E-state index in [9.17, 15) is 4.79 Å². The topological polar surface area (TPSA) is 81.6 Å². The molecule has 0 unspecified atom stereocenters. The number of anilines is 1. The van der Waals surface area contributed by atoms with Crippen LogP contribution in [0.2, 0.25) is 0 Å². The van der Waals surface area contributed by atoms with E-state index in [1.54, 1.807) is 4.90 Å². The monoisotopic (exact) mass is 235 g/mol. The van der Waals surface area contributed by atoms with Gasteiger partial charge < -0.3 is 16.2 Å². The minimum atomic E-state index is -0.447. The molecular weight excluding hydrogens is 218 g/mol. The summed E-state index contributed by atoms with van der Waals surface area (Å²) in [7, 11) is 0. The molecule has 0 spiro atoms. The molecule has 1 aliphatic rings. The summed E-state index contributed by atoms with van der Waals surface area (Å²) in [5.41, 5.74) is 12.8. The molecule has 1 aliphatic heterocycles. The predicted octanol–water partition coefficient (Wildman–Crippen LogP) is 0.855. The molecule has 5 nitrogen and oxygen atoms in total. The van der Waals surface area contributed by atoms with Crippen molar-refractivity contribution in [3.05, 3.63) is 23.8 Å². The Kier molecular flexibility index (Phi) is 3.49. The number of nitrogens with zero attached hydrogens (tertiary/aromatic N) is 1. The Morgan fingerprint density at radius 3 is 3.00 bits per heavy atom. The van der Waals surface area contributed by atoms with E-state index in [0.29, 0.717) is 19.7 Å². The highest BCUT2D eigenvalue weighted by Gasteiger charge is 2.17. The number of carbonyl (C=O) groups excluding carboxylic acids is 1. The van der Waals surface area contributed by atoms with Gasteiger partial charge in [-0.3, -0.25) is 4.90 Å². The molecule has 0 aromatic heterocycles. The van der Waals surface area contributed by atoms with E-state index in [-0.39, 0.29) is 0 Å². The molecule has 0 bridgehead atoms. The predicted molar refractivity (Wildman–Crippen MR) is 66.2 cm³/mol. The summed E-state index contributed by atoms with van der Waals surface area (Å²) < 4.78 is 5.42. The van der Waals surface area contributed by atoms with Gasteiger partial charge in [0, 0.05) is 18.7 Å². The number of amides is 2. The van der Waals surface area contributed by atoms with Gasteiger partial charge >= 0.3 is 6.03 Å². The number of ether oxygens (including phenoxy) is 1. The van der Waals surface area contributed by atoms with Gasteiger partial charge in [-0.1, -0.05) is 0 Å². The fourth-order valence-corrected chi connectivity index (χ4v) is 1.96. The highest BCUT2D eigenvalue weighted by atomic mass is 16.5. The van der Waals surface area contributed by atoms with Crippen molar-refractivity contribution in [2.75, 3.05) is 24.6 Å². The molecule has 92 valence electrons. The molecule has 0 atom stereocenters. The normalized spacial score (nSPS) is 13.0. The van der Waals surface area contributed by atoms with Crippen LogP contribution >= 0.6 is 0 Å². The Hall–Kier alpha value is -1.75. The molecule has 1 aromatic rings. The molecule has 1 aromatic carbocycles. The molecule has 17 heavy (non-hydrogen) atoms. The van der Waals surface area contributed by atoms with Crippen molar-refractivity contribution < 1.29 is 9.53 Å². The molecule has 0 aliphatic carbocycles. The van der Waals surface area contributed by atoms with Crippen LogP contribution in [0.25, 0.3) is 0 Å². The van der Waals surface area contributed by atoms with E-state index in [1.807, 2.05) is 18.2 Å². The lowest BCUT2D eigenvalue weighted by atomic mass is 10.1. The second-order valence-electron chi connectivity index (χ2n) is 4.02.